The minimum Gasteiger partial charge on any atom is -0.321 e. The summed E-state index contributed by atoms with van der Waals surface area (Å²) in [6, 6.07) is 18.2. The van der Waals surface area contributed by atoms with E-state index in [1.165, 1.54) is 10.9 Å². The molecule has 1 N–H and O–H groups in total. The Labute approximate surface area is 130 Å². The second-order valence-electron chi connectivity index (χ2n) is 5.34. The smallest absolute Gasteiger partial charge is 0.290 e. The van der Waals surface area contributed by atoms with E-state index in [0.29, 0.717) is 6.54 Å². The number of rotatable bonds is 4. The van der Waals surface area contributed by atoms with Crippen LogP contribution in [0, 0.1) is 0 Å². The number of carbonyl (C=O) groups excluding carboxylic acids is 1. The summed E-state index contributed by atoms with van der Waals surface area (Å²) in [5.41, 5.74) is 2.10. The lowest BCUT2D eigenvalue weighted by atomic mass is 10.1. The van der Waals surface area contributed by atoms with Crippen LogP contribution in [0.15, 0.2) is 67.0 Å². The number of pyridine rings is 1. The van der Waals surface area contributed by atoms with Crippen LogP contribution >= 0.6 is 0 Å². The van der Waals surface area contributed by atoms with Gasteiger partial charge in [-0.1, -0.05) is 37.3 Å². The molecule has 1 amide bonds. The van der Waals surface area contributed by atoms with E-state index in [1.807, 2.05) is 65.5 Å². The summed E-state index contributed by atoms with van der Waals surface area (Å²) < 4.78 is 1.88. The monoisotopic (exact) mass is 291 g/mol. The minimum absolute atomic E-state index is 0.0236. The molecular weight excluding hydrogens is 272 g/mol. The third kappa shape index (κ3) is 3.31. The maximum atomic E-state index is 12.1. The number of carbonyl (C=O) groups is 1. The van der Waals surface area contributed by atoms with Crippen molar-refractivity contribution < 1.29 is 9.36 Å². The SMILES string of the molecule is CCc1cc[n+](CC(=O)Nc2ccc3ccccc3c2)cc1. The van der Waals surface area contributed by atoms with Crippen LogP contribution in [0.4, 0.5) is 5.69 Å². The van der Waals surface area contributed by atoms with Crippen LogP contribution in [0.1, 0.15) is 12.5 Å². The van der Waals surface area contributed by atoms with Crippen molar-refractivity contribution in [3.8, 4) is 0 Å². The van der Waals surface area contributed by atoms with Crippen molar-refractivity contribution in [2.75, 3.05) is 5.32 Å². The van der Waals surface area contributed by atoms with Gasteiger partial charge < -0.3 is 5.32 Å². The van der Waals surface area contributed by atoms with Crippen LogP contribution in [0.2, 0.25) is 0 Å². The molecule has 110 valence electrons. The molecule has 0 spiro atoms. The molecule has 0 aliphatic heterocycles. The lowest BCUT2D eigenvalue weighted by Crippen LogP contribution is -2.39. The molecule has 3 rings (SSSR count). The Bertz CT molecular complexity index is 794. The van der Waals surface area contributed by atoms with E-state index in [1.54, 1.807) is 0 Å². The average Bonchev–Trinajstić information content (AvgIpc) is 2.55. The number of aromatic nitrogens is 1. The zero-order chi connectivity index (χ0) is 15.4. The van der Waals surface area contributed by atoms with Crippen molar-refractivity contribution in [2.45, 2.75) is 19.9 Å². The molecule has 0 saturated carbocycles. The second-order valence-corrected chi connectivity index (χ2v) is 5.34. The maximum absolute atomic E-state index is 12.1. The summed E-state index contributed by atoms with van der Waals surface area (Å²) in [5, 5.41) is 5.25. The summed E-state index contributed by atoms with van der Waals surface area (Å²) >= 11 is 0. The number of nitrogens with one attached hydrogen (secondary N) is 1. The fraction of sp³-hybridized carbons (Fsp3) is 0.158. The minimum atomic E-state index is -0.0236. The Balaban J connectivity index is 1.69. The summed E-state index contributed by atoms with van der Waals surface area (Å²) in [5.74, 6) is -0.0236. The number of hydrogen-bond acceptors (Lipinski definition) is 1. The van der Waals surface area contributed by atoms with Crippen molar-refractivity contribution >= 4 is 22.4 Å². The van der Waals surface area contributed by atoms with Crippen molar-refractivity contribution in [2.24, 2.45) is 0 Å². The van der Waals surface area contributed by atoms with Gasteiger partial charge in [-0.15, -0.1) is 0 Å². The molecule has 3 nitrogen and oxygen atoms in total. The van der Waals surface area contributed by atoms with E-state index in [-0.39, 0.29) is 5.91 Å². The molecule has 1 heterocycles. The highest BCUT2D eigenvalue weighted by Crippen LogP contribution is 2.18. The zero-order valence-electron chi connectivity index (χ0n) is 12.6. The molecule has 0 radical (unpaired) electrons. The Kier molecular flexibility index (Phi) is 4.15. The standard InChI is InChI=1S/C19H18N2O/c1-2-15-9-11-21(12-10-15)14-19(22)20-18-8-7-16-5-3-4-6-17(16)13-18/h3-13H,2,14H2,1H3/p+1. The van der Waals surface area contributed by atoms with Crippen molar-refractivity contribution in [3.05, 3.63) is 72.6 Å². The van der Waals surface area contributed by atoms with Gasteiger partial charge in [0.2, 0.25) is 6.54 Å². The molecule has 22 heavy (non-hydrogen) atoms. The van der Waals surface area contributed by atoms with E-state index in [0.717, 1.165) is 17.5 Å². The van der Waals surface area contributed by atoms with Gasteiger partial charge in [-0.05, 0) is 34.9 Å². The Morgan fingerprint density at radius 1 is 1.00 bits per heavy atom. The molecule has 3 heteroatoms. The fourth-order valence-electron chi connectivity index (χ4n) is 2.46. The van der Waals surface area contributed by atoms with Gasteiger partial charge in [0.1, 0.15) is 0 Å². The van der Waals surface area contributed by atoms with Gasteiger partial charge in [0.25, 0.3) is 5.91 Å². The normalized spacial score (nSPS) is 10.6. The van der Waals surface area contributed by atoms with E-state index in [2.05, 4.69) is 18.3 Å². The van der Waals surface area contributed by atoms with E-state index >= 15 is 0 Å². The largest absolute Gasteiger partial charge is 0.321 e. The van der Waals surface area contributed by atoms with E-state index in [9.17, 15) is 4.79 Å². The second kappa shape index (κ2) is 6.39. The van der Waals surface area contributed by atoms with Gasteiger partial charge in [-0.3, -0.25) is 4.79 Å². The van der Waals surface area contributed by atoms with Crippen LogP contribution in [-0.4, -0.2) is 5.91 Å². The maximum Gasteiger partial charge on any atom is 0.290 e. The third-order valence-corrected chi connectivity index (χ3v) is 3.73. The molecule has 0 bridgehead atoms. The van der Waals surface area contributed by atoms with Crippen molar-refractivity contribution in [3.63, 3.8) is 0 Å². The summed E-state index contributed by atoms with van der Waals surface area (Å²) in [6.45, 7) is 2.43. The van der Waals surface area contributed by atoms with Crippen LogP contribution in [0.3, 0.4) is 0 Å². The number of nitrogens with zero attached hydrogens (tertiary/aromatic N) is 1. The first-order valence-electron chi connectivity index (χ1n) is 7.51. The fourth-order valence-corrected chi connectivity index (χ4v) is 2.46. The molecule has 1 aromatic heterocycles. The summed E-state index contributed by atoms with van der Waals surface area (Å²) in [7, 11) is 0. The highest BCUT2D eigenvalue weighted by atomic mass is 16.1. The molecular formula is C19H19N2O+. The molecule has 3 aromatic rings. The lowest BCUT2D eigenvalue weighted by Gasteiger charge is -2.05. The predicted octanol–water partition coefficient (Wildman–Crippen LogP) is 3.33. The average molecular weight is 291 g/mol. The van der Waals surface area contributed by atoms with Gasteiger partial charge in [-0.2, -0.15) is 4.57 Å². The highest BCUT2D eigenvalue weighted by molar-refractivity contribution is 5.93. The number of hydrogen-bond donors (Lipinski definition) is 1. The van der Waals surface area contributed by atoms with Crippen LogP contribution in [0.5, 0.6) is 0 Å². The first-order valence-corrected chi connectivity index (χ1v) is 7.51. The Hall–Kier alpha value is -2.68. The molecule has 0 saturated heterocycles. The number of amides is 1. The number of anilines is 1. The Morgan fingerprint density at radius 3 is 2.45 bits per heavy atom. The first-order chi connectivity index (χ1) is 10.7. The van der Waals surface area contributed by atoms with Crippen LogP contribution < -0.4 is 9.88 Å². The Morgan fingerprint density at radius 2 is 1.73 bits per heavy atom. The van der Waals surface area contributed by atoms with Crippen LogP contribution in [-0.2, 0) is 17.8 Å². The van der Waals surface area contributed by atoms with Gasteiger partial charge in [0.15, 0.2) is 12.4 Å². The molecule has 2 aromatic carbocycles. The zero-order valence-corrected chi connectivity index (χ0v) is 12.6. The van der Waals surface area contributed by atoms with Gasteiger partial charge >= 0.3 is 0 Å². The van der Waals surface area contributed by atoms with Crippen molar-refractivity contribution in [1.82, 2.24) is 0 Å². The topological polar surface area (TPSA) is 33.0 Å². The molecule has 0 atom stereocenters. The van der Waals surface area contributed by atoms with Crippen LogP contribution in [0.25, 0.3) is 10.8 Å². The highest BCUT2D eigenvalue weighted by Gasteiger charge is 2.09. The van der Waals surface area contributed by atoms with Crippen molar-refractivity contribution in [1.29, 1.82) is 0 Å². The lowest BCUT2D eigenvalue weighted by molar-refractivity contribution is -0.684. The third-order valence-electron chi connectivity index (χ3n) is 3.73. The quantitative estimate of drug-likeness (QED) is 0.735. The van der Waals surface area contributed by atoms with E-state index < -0.39 is 0 Å². The first kappa shape index (κ1) is 14.3. The molecule has 0 aliphatic rings. The predicted molar refractivity (Wildman–Crippen MR) is 88.6 cm³/mol. The molecule has 0 aliphatic carbocycles. The van der Waals surface area contributed by atoms with E-state index in [4.69, 9.17) is 0 Å². The molecule has 0 unspecified atom stereocenters. The number of benzene rings is 2. The van der Waals surface area contributed by atoms with Gasteiger partial charge in [0, 0.05) is 17.8 Å². The molecule has 0 fully saturated rings. The summed E-state index contributed by atoms with van der Waals surface area (Å²) in [4.78, 5) is 12.1. The summed E-state index contributed by atoms with van der Waals surface area (Å²) in [6.07, 6.45) is 4.89. The van der Waals surface area contributed by atoms with Gasteiger partial charge in [-0.25, -0.2) is 0 Å². The van der Waals surface area contributed by atoms with Gasteiger partial charge in [0.05, 0.1) is 0 Å². The number of aryl methyl sites for hydroxylation is 1. The number of fused-ring (bicyclic) bond motifs is 1.